The number of benzene rings is 1. The number of carbonyl (C=O) groups is 1. The quantitative estimate of drug-likeness (QED) is 0.639. The Bertz CT molecular complexity index is 825. The molecular weight excluding hydrogens is 364 g/mol. The summed E-state index contributed by atoms with van der Waals surface area (Å²) in [6.45, 7) is 1.30. The van der Waals surface area contributed by atoms with E-state index in [9.17, 15) is 20.1 Å². The number of amides is 1. The van der Waals surface area contributed by atoms with Crippen LogP contribution in [0.2, 0.25) is 0 Å². The molecule has 0 saturated carbocycles. The Morgan fingerprint density at radius 1 is 1.33 bits per heavy atom. The maximum absolute atomic E-state index is 11.5. The van der Waals surface area contributed by atoms with Crippen molar-refractivity contribution in [2.45, 2.75) is 37.1 Å². The summed E-state index contributed by atoms with van der Waals surface area (Å²) >= 11 is 1.45. The second-order valence-electron chi connectivity index (χ2n) is 7.41. The van der Waals surface area contributed by atoms with E-state index in [0.29, 0.717) is 38.9 Å². The number of aliphatic hydroxyl groups excluding tert-OH is 2. The van der Waals surface area contributed by atoms with Gasteiger partial charge in [0.1, 0.15) is 11.7 Å². The number of aryl methyl sites for hydroxylation is 1. The van der Waals surface area contributed by atoms with Crippen LogP contribution < -0.4 is 5.32 Å². The van der Waals surface area contributed by atoms with Gasteiger partial charge in [0.25, 0.3) is 0 Å². The molecule has 27 heavy (non-hydrogen) atoms. The van der Waals surface area contributed by atoms with Crippen molar-refractivity contribution in [3.63, 3.8) is 0 Å². The zero-order valence-corrected chi connectivity index (χ0v) is 15.8. The summed E-state index contributed by atoms with van der Waals surface area (Å²) in [7, 11) is 0. The maximum atomic E-state index is 11.5. The highest BCUT2D eigenvalue weighted by Gasteiger charge is 2.43. The first kappa shape index (κ1) is 18.6. The van der Waals surface area contributed by atoms with Gasteiger partial charge in [-0.2, -0.15) is 0 Å². The lowest BCUT2D eigenvalue weighted by Gasteiger charge is -2.42. The van der Waals surface area contributed by atoms with Crippen LogP contribution in [0.25, 0.3) is 0 Å². The first-order valence-corrected chi connectivity index (χ1v) is 10.1. The lowest BCUT2D eigenvalue weighted by atomic mass is 9.87. The standard InChI is InChI=1S/C20H24N2O4S/c23-16(14-3-5-15-13(10-14)4-6-19(25)21-15)11-22-8-7-20(26,17(24)12-22)18-2-1-9-27-18/h1-3,5,9-10,16-17,23-24,26H,4,6-8,11-12H2,(H,21,25)/t16-,17-,20+/m1/s1. The van der Waals surface area contributed by atoms with Crippen LogP contribution in [-0.2, 0) is 16.8 Å². The number of piperidine rings is 1. The molecule has 1 aromatic carbocycles. The molecular formula is C20H24N2O4S. The van der Waals surface area contributed by atoms with Gasteiger partial charge in [0.15, 0.2) is 0 Å². The Balaban J connectivity index is 1.41. The molecule has 0 bridgehead atoms. The van der Waals surface area contributed by atoms with Crippen LogP contribution in [-0.4, -0.2) is 51.9 Å². The SMILES string of the molecule is O=C1CCc2cc([C@H](O)CN3CC[C@@](O)(c4cccs4)[C@H](O)C3)ccc2N1. The summed E-state index contributed by atoms with van der Waals surface area (Å²) in [5.41, 5.74) is 1.45. The van der Waals surface area contributed by atoms with Crippen LogP contribution in [0.1, 0.15) is 34.9 Å². The molecule has 0 aliphatic carbocycles. The lowest BCUT2D eigenvalue weighted by Crippen LogP contribution is -2.53. The van der Waals surface area contributed by atoms with Crippen LogP contribution in [0.4, 0.5) is 5.69 Å². The predicted molar refractivity (Wildman–Crippen MR) is 104 cm³/mol. The first-order valence-electron chi connectivity index (χ1n) is 9.23. The van der Waals surface area contributed by atoms with Crippen LogP contribution in [0.5, 0.6) is 0 Å². The van der Waals surface area contributed by atoms with Crippen molar-refractivity contribution in [3.8, 4) is 0 Å². The average molecular weight is 388 g/mol. The number of rotatable bonds is 4. The third kappa shape index (κ3) is 3.66. The summed E-state index contributed by atoms with van der Waals surface area (Å²) in [6, 6.07) is 9.34. The van der Waals surface area contributed by atoms with Gasteiger partial charge in [-0.05, 0) is 41.5 Å². The van der Waals surface area contributed by atoms with E-state index in [1.165, 1.54) is 11.3 Å². The number of thiophene rings is 1. The molecule has 1 fully saturated rings. The molecule has 0 radical (unpaired) electrons. The van der Waals surface area contributed by atoms with Crippen molar-refractivity contribution in [1.82, 2.24) is 4.90 Å². The Morgan fingerprint density at radius 3 is 2.93 bits per heavy atom. The molecule has 4 rings (SSSR count). The molecule has 3 heterocycles. The van der Waals surface area contributed by atoms with Crippen LogP contribution >= 0.6 is 11.3 Å². The number of hydrogen-bond donors (Lipinski definition) is 4. The van der Waals surface area contributed by atoms with Gasteiger partial charge in [0.2, 0.25) is 5.91 Å². The highest BCUT2D eigenvalue weighted by Crippen LogP contribution is 2.36. The average Bonchev–Trinajstić information content (AvgIpc) is 3.20. The fourth-order valence-corrected chi connectivity index (χ4v) is 4.82. The van der Waals surface area contributed by atoms with Crippen LogP contribution in [0.3, 0.4) is 0 Å². The minimum absolute atomic E-state index is 0.0244. The molecule has 3 atom stereocenters. The van der Waals surface area contributed by atoms with E-state index in [4.69, 9.17) is 0 Å². The molecule has 0 unspecified atom stereocenters. The molecule has 0 spiro atoms. The van der Waals surface area contributed by atoms with Crippen molar-refractivity contribution in [2.24, 2.45) is 0 Å². The van der Waals surface area contributed by atoms with E-state index in [-0.39, 0.29) is 5.91 Å². The molecule has 1 saturated heterocycles. The lowest BCUT2D eigenvalue weighted by molar-refractivity contribution is -0.126. The normalized spacial score (nSPS) is 27.1. The molecule has 6 nitrogen and oxygen atoms in total. The van der Waals surface area contributed by atoms with E-state index < -0.39 is 17.8 Å². The van der Waals surface area contributed by atoms with Gasteiger partial charge in [-0.3, -0.25) is 9.69 Å². The van der Waals surface area contributed by atoms with Gasteiger partial charge in [-0.25, -0.2) is 0 Å². The van der Waals surface area contributed by atoms with Crippen molar-refractivity contribution in [3.05, 3.63) is 51.7 Å². The van der Waals surface area contributed by atoms with Crippen molar-refractivity contribution in [2.75, 3.05) is 25.0 Å². The van der Waals surface area contributed by atoms with Gasteiger partial charge >= 0.3 is 0 Å². The topological polar surface area (TPSA) is 93.0 Å². The van der Waals surface area contributed by atoms with Gasteiger partial charge in [-0.15, -0.1) is 11.3 Å². The Hall–Kier alpha value is -1.77. The second-order valence-corrected chi connectivity index (χ2v) is 8.36. The van der Waals surface area contributed by atoms with Gasteiger partial charge in [-0.1, -0.05) is 18.2 Å². The first-order chi connectivity index (χ1) is 13.0. The number of carbonyl (C=O) groups excluding carboxylic acids is 1. The number of β-amino-alcohol motifs (C(OH)–C–C–N with tert-alkyl or cyclic N) is 2. The zero-order chi connectivity index (χ0) is 19.0. The number of aliphatic hydroxyl groups is 3. The van der Waals surface area contributed by atoms with E-state index in [0.717, 1.165) is 21.7 Å². The van der Waals surface area contributed by atoms with E-state index in [1.54, 1.807) is 0 Å². The fourth-order valence-electron chi connectivity index (χ4n) is 3.92. The summed E-state index contributed by atoms with van der Waals surface area (Å²) in [5, 5.41) is 36.8. The molecule has 2 aliphatic rings. The molecule has 144 valence electrons. The largest absolute Gasteiger partial charge is 0.388 e. The molecule has 2 aromatic rings. The third-order valence-corrected chi connectivity index (χ3v) is 6.62. The molecule has 7 heteroatoms. The van der Waals surface area contributed by atoms with Gasteiger partial charge < -0.3 is 20.6 Å². The molecule has 1 aromatic heterocycles. The third-order valence-electron chi connectivity index (χ3n) is 5.58. The van der Waals surface area contributed by atoms with Gasteiger partial charge in [0.05, 0.1) is 6.10 Å². The van der Waals surface area contributed by atoms with E-state index in [1.807, 2.05) is 40.6 Å². The number of hydrogen-bond acceptors (Lipinski definition) is 6. The fraction of sp³-hybridized carbons (Fsp3) is 0.450. The predicted octanol–water partition coefficient (Wildman–Crippen LogP) is 1.62. The molecule has 1 amide bonds. The zero-order valence-electron chi connectivity index (χ0n) is 15.0. The highest BCUT2D eigenvalue weighted by molar-refractivity contribution is 7.10. The number of anilines is 1. The van der Waals surface area contributed by atoms with Crippen molar-refractivity contribution in [1.29, 1.82) is 0 Å². The number of nitrogens with one attached hydrogen (secondary N) is 1. The minimum Gasteiger partial charge on any atom is -0.388 e. The Kier molecular flexibility index (Phi) is 5.05. The summed E-state index contributed by atoms with van der Waals surface area (Å²) in [6.07, 6.45) is -0.00850. The molecule has 2 aliphatic heterocycles. The second kappa shape index (κ2) is 7.33. The molecule has 4 N–H and O–H groups in total. The highest BCUT2D eigenvalue weighted by atomic mass is 32.1. The Labute approximate surface area is 162 Å². The monoisotopic (exact) mass is 388 g/mol. The number of nitrogens with zero attached hydrogens (tertiary/aromatic N) is 1. The van der Waals surface area contributed by atoms with Crippen LogP contribution in [0.15, 0.2) is 35.7 Å². The summed E-state index contributed by atoms with van der Waals surface area (Å²) < 4.78 is 0. The van der Waals surface area contributed by atoms with E-state index >= 15 is 0 Å². The van der Waals surface area contributed by atoms with Crippen molar-refractivity contribution >= 4 is 22.9 Å². The number of likely N-dealkylation sites (tertiary alicyclic amines) is 1. The van der Waals surface area contributed by atoms with Crippen LogP contribution in [0, 0.1) is 0 Å². The van der Waals surface area contributed by atoms with Crippen molar-refractivity contribution < 1.29 is 20.1 Å². The number of fused-ring (bicyclic) bond motifs is 1. The van der Waals surface area contributed by atoms with E-state index in [2.05, 4.69) is 5.32 Å². The van der Waals surface area contributed by atoms with Gasteiger partial charge in [0, 0.05) is 36.6 Å². The summed E-state index contributed by atoms with van der Waals surface area (Å²) in [5.74, 6) is 0.0244. The maximum Gasteiger partial charge on any atom is 0.224 e. The minimum atomic E-state index is -1.21. The Morgan fingerprint density at radius 2 is 2.19 bits per heavy atom. The smallest absolute Gasteiger partial charge is 0.224 e. The summed E-state index contributed by atoms with van der Waals surface area (Å²) in [4.78, 5) is 14.2.